The van der Waals surface area contributed by atoms with Crippen molar-refractivity contribution in [3.05, 3.63) is 71.4 Å². The molecule has 1 N–H and O–H groups in total. The predicted octanol–water partition coefficient (Wildman–Crippen LogP) is 4.47. The molecule has 1 aliphatic rings. The first-order valence-electron chi connectivity index (χ1n) is 9.83. The van der Waals surface area contributed by atoms with Gasteiger partial charge in [-0.2, -0.15) is 4.98 Å². The van der Waals surface area contributed by atoms with Gasteiger partial charge in [-0.3, -0.25) is 0 Å². The molecule has 5 heteroatoms. The van der Waals surface area contributed by atoms with Crippen molar-refractivity contribution in [2.75, 3.05) is 41.3 Å². The van der Waals surface area contributed by atoms with E-state index in [1.54, 1.807) is 0 Å². The van der Waals surface area contributed by atoms with E-state index < -0.39 is 0 Å². The van der Waals surface area contributed by atoms with Crippen LogP contribution in [0.3, 0.4) is 0 Å². The zero-order valence-corrected chi connectivity index (χ0v) is 16.8. The van der Waals surface area contributed by atoms with Gasteiger partial charge < -0.3 is 15.1 Å². The van der Waals surface area contributed by atoms with Crippen LogP contribution in [0.5, 0.6) is 0 Å². The van der Waals surface area contributed by atoms with Gasteiger partial charge >= 0.3 is 0 Å². The highest BCUT2D eigenvalue weighted by Crippen LogP contribution is 2.22. The molecule has 2 heterocycles. The number of rotatable bonds is 4. The number of aryl methyl sites for hydroxylation is 3. The normalized spacial score (nSPS) is 14.2. The van der Waals surface area contributed by atoms with Gasteiger partial charge in [0.15, 0.2) is 0 Å². The molecule has 4 rings (SSSR count). The second-order valence-electron chi connectivity index (χ2n) is 7.50. The maximum absolute atomic E-state index is 4.79. The fourth-order valence-electron chi connectivity index (χ4n) is 3.78. The second kappa shape index (κ2) is 7.89. The number of hydrogen-bond donors (Lipinski definition) is 1. The standard InChI is InChI=1S/C23H27N5/c1-17-13-18(2)15-20(14-17)25-23-24-19(3)16-22(26-23)28-11-9-27(10-12-28)21-7-5-4-6-8-21/h4-8,13-16H,9-12H2,1-3H3,(H,24,25,26). The Bertz CT molecular complexity index is 926. The van der Waals surface area contributed by atoms with E-state index in [1.165, 1.54) is 16.8 Å². The summed E-state index contributed by atoms with van der Waals surface area (Å²) < 4.78 is 0. The maximum atomic E-state index is 4.79. The van der Waals surface area contributed by atoms with E-state index in [0.717, 1.165) is 43.4 Å². The number of aromatic nitrogens is 2. The number of nitrogens with zero attached hydrogens (tertiary/aromatic N) is 4. The molecule has 1 aromatic heterocycles. The zero-order valence-electron chi connectivity index (χ0n) is 16.8. The van der Waals surface area contributed by atoms with Gasteiger partial charge in [0.1, 0.15) is 5.82 Å². The highest BCUT2D eigenvalue weighted by Gasteiger charge is 2.19. The molecule has 0 unspecified atom stereocenters. The SMILES string of the molecule is Cc1cc(C)cc(Nc2nc(C)cc(N3CCN(c4ccccc4)CC3)n2)c1. The third-order valence-corrected chi connectivity index (χ3v) is 5.04. The Morgan fingerprint density at radius 3 is 2.07 bits per heavy atom. The van der Waals surface area contributed by atoms with Crippen molar-refractivity contribution in [3.8, 4) is 0 Å². The molecule has 5 nitrogen and oxygen atoms in total. The van der Waals surface area contributed by atoms with Crippen molar-refractivity contribution >= 4 is 23.1 Å². The summed E-state index contributed by atoms with van der Waals surface area (Å²) >= 11 is 0. The van der Waals surface area contributed by atoms with Gasteiger partial charge in [0.05, 0.1) is 0 Å². The number of anilines is 4. The number of piperazine rings is 1. The van der Waals surface area contributed by atoms with E-state index in [1.807, 2.05) is 6.92 Å². The van der Waals surface area contributed by atoms with Gasteiger partial charge in [0, 0.05) is 49.3 Å². The smallest absolute Gasteiger partial charge is 0.229 e. The molecule has 28 heavy (non-hydrogen) atoms. The van der Waals surface area contributed by atoms with Crippen molar-refractivity contribution in [1.82, 2.24) is 9.97 Å². The van der Waals surface area contributed by atoms with Crippen LogP contribution < -0.4 is 15.1 Å². The number of benzene rings is 2. The second-order valence-corrected chi connectivity index (χ2v) is 7.50. The van der Waals surface area contributed by atoms with Crippen molar-refractivity contribution < 1.29 is 0 Å². The molecular weight excluding hydrogens is 346 g/mol. The van der Waals surface area contributed by atoms with E-state index in [4.69, 9.17) is 4.98 Å². The lowest BCUT2D eigenvalue weighted by molar-refractivity contribution is 0.647. The third kappa shape index (κ3) is 4.25. The number of nitrogens with one attached hydrogen (secondary N) is 1. The van der Waals surface area contributed by atoms with Gasteiger partial charge in [0.2, 0.25) is 5.95 Å². The van der Waals surface area contributed by atoms with Gasteiger partial charge in [0.25, 0.3) is 0 Å². The summed E-state index contributed by atoms with van der Waals surface area (Å²) in [7, 11) is 0. The average molecular weight is 374 g/mol. The van der Waals surface area contributed by atoms with E-state index in [-0.39, 0.29) is 0 Å². The predicted molar refractivity (Wildman–Crippen MR) is 117 cm³/mol. The molecular formula is C23H27N5. The van der Waals surface area contributed by atoms with Crippen molar-refractivity contribution in [1.29, 1.82) is 0 Å². The van der Waals surface area contributed by atoms with Gasteiger partial charge in [-0.25, -0.2) is 4.98 Å². The molecule has 1 saturated heterocycles. The topological polar surface area (TPSA) is 44.3 Å². The summed E-state index contributed by atoms with van der Waals surface area (Å²) in [4.78, 5) is 14.2. The Hall–Kier alpha value is -3.08. The lowest BCUT2D eigenvalue weighted by Crippen LogP contribution is -2.46. The van der Waals surface area contributed by atoms with E-state index in [0.29, 0.717) is 5.95 Å². The lowest BCUT2D eigenvalue weighted by Gasteiger charge is -2.36. The molecule has 0 bridgehead atoms. The minimum Gasteiger partial charge on any atom is -0.368 e. The van der Waals surface area contributed by atoms with E-state index in [2.05, 4.69) is 88.5 Å². The molecule has 0 atom stereocenters. The van der Waals surface area contributed by atoms with E-state index >= 15 is 0 Å². The average Bonchev–Trinajstić information content (AvgIpc) is 2.67. The summed E-state index contributed by atoms with van der Waals surface area (Å²) in [6.07, 6.45) is 0. The van der Waals surface area contributed by atoms with Crippen LogP contribution >= 0.6 is 0 Å². The molecule has 0 saturated carbocycles. The molecule has 0 spiro atoms. The highest BCUT2D eigenvalue weighted by molar-refractivity contribution is 5.58. The molecule has 1 fully saturated rings. The van der Waals surface area contributed by atoms with Gasteiger partial charge in [-0.1, -0.05) is 24.3 Å². The summed E-state index contributed by atoms with van der Waals surface area (Å²) in [5.74, 6) is 1.65. The van der Waals surface area contributed by atoms with Crippen LogP contribution in [-0.4, -0.2) is 36.1 Å². The molecule has 3 aromatic rings. The summed E-state index contributed by atoms with van der Waals surface area (Å²) in [6.45, 7) is 10.1. The Labute approximate surface area is 167 Å². The van der Waals surface area contributed by atoms with Gasteiger partial charge in [-0.15, -0.1) is 0 Å². The first kappa shape index (κ1) is 18.3. The summed E-state index contributed by atoms with van der Waals surface area (Å²) in [5, 5.41) is 3.38. The van der Waals surface area contributed by atoms with Gasteiger partial charge in [-0.05, 0) is 56.2 Å². The van der Waals surface area contributed by atoms with Crippen molar-refractivity contribution in [2.45, 2.75) is 20.8 Å². The van der Waals surface area contributed by atoms with Crippen LogP contribution in [0, 0.1) is 20.8 Å². The summed E-state index contributed by atoms with van der Waals surface area (Å²) in [5.41, 5.74) is 5.75. The number of para-hydroxylation sites is 1. The molecule has 0 amide bonds. The Morgan fingerprint density at radius 1 is 0.750 bits per heavy atom. The lowest BCUT2D eigenvalue weighted by atomic mass is 10.1. The maximum Gasteiger partial charge on any atom is 0.229 e. The molecule has 144 valence electrons. The van der Waals surface area contributed by atoms with Crippen LogP contribution in [-0.2, 0) is 0 Å². The Balaban J connectivity index is 1.48. The van der Waals surface area contributed by atoms with E-state index in [9.17, 15) is 0 Å². The van der Waals surface area contributed by atoms with Crippen LogP contribution in [0.4, 0.5) is 23.1 Å². The fourth-order valence-corrected chi connectivity index (χ4v) is 3.78. The molecule has 0 aliphatic carbocycles. The summed E-state index contributed by atoms with van der Waals surface area (Å²) in [6, 6.07) is 19.1. The van der Waals surface area contributed by atoms with Crippen molar-refractivity contribution in [2.24, 2.45) is 0 Å². The monoisotopic (exact) mass is 373 g/mol. The quantitative estimate of drug-likeness (QED) is 0.731. The number of hydrogen-bond acceptors (Lipinski definition) is 5. The van der Waals surface area contributed by atoms with Crippen LogP contribution in [0.2, 0.25) is 0 Å². The van der Waals surface area contributed by atoms with Crippen LogP contribution in [0.1, 0.15) is 16.8 Å². The third-order valence-electron chi connectivity index (χ3n) is 5.04. The minimum absolute atomic E-state index is 0.658. The fraction of sp³-hybridized carbons (Fsp3) is 0.304. The highest BCUT2D eigenvalue weighted by atomic mass is 15.3. The molecule has 0 radical (unpaired) electrons. The van der Waals surface area contributed by atoms with Crippen LogP contribution in [0.15, 0.2) is 54.6 Å². The molecule has 1 aliphatic heterocycles. The zero-order chi connectivity index (χ0) is 19.5. The Kier molecular flexibility index (Phi) is 5.15. The first-order valence-corrected chi connectivity index (χ1v) is 9.83. The van der Waals surface area contributed by atoms with Crippen LogP contribution in [0.25, 0.3) is 0 Å². The molecule has 2 aromatic carbocycles. The Morgan fingerprint density at radius 2 is 1.39 bits per heavy atom. The minimum atomic E-state index is 0.658. The van der Waals surface area contributed by atoms with Crippen molar-refractivity contribution in [3.63, 3.8) is 0 Å². The largest absolute Gasteiger partial charge is 0.368 e. The first-order chi connectivity index (χ1) is 13.6.